The molecular weight excluding hydrogens is 542 g/mol. The summed E-state index contributed by atoms with van der Waals surface area (Å²) < 4.78 is 0. The van der Waals surface area contributed by atoms with E-state index in [9.17, 15) is 19.7 Å². The van der Waals surface area contributed by atoms with Crippen molar-refractivity contribution in [3.8, 4) is 0 Å². The van der Waals surface area contributed by atoms with E-state index in [0.29, 0.717) is 42.6 Å². The average molecular weight is 574 g/mol. The Labute approximate surface area is 244 Å². The maximum absolute atomic E-state index is 13.3. The molecule has 0 spiro atoms. The lowest BCUT2D eigenvalue weighted by Crippen LogP contribution is -2.48. The maximum atomic E-state index is 13.3. The first kappa shape index (κ1) is 28.2. The summed E-state index contributed by atoms with van der Waals surface area (Å²) in [7, 11) is 0. The van der Waals surface area contributed by atoms with Crippen LogP contribution in [0.4, 0.5) is 22.7 Å². The zero-order valence-corrected chi connectivity index (χ0v) is 23.4. The Morgan fingerprint density at radius 1 is 0.829 bits per heavy atom. The molecule has 5 rings (SSSR count). The molecule has 0 bridgehead atoms. The number of nitro groups is 1. The summed E-state index contributed by atoms with van der Waals surface area (Å²) in [6, 6.07) is 19.6. The van der Waals surface area contributed by atoms with Gasteiger partial charge in [0.15, 0.2) is 0 Å². The highest BCUT2D eigenvalue weighted by Gasteiger charge is 2.25. The smallest absolute Gasteiger partial charge is 0.293 e. The molecule has 3 aromatic carbocycles. The van der Waals surface area contributed by atoms with Gasteiger partial charge in [-0.1, -0.05) is 41.9 Å². The number of nitrogens with one attached hydrogen (secondary N) is 1. The number of carbonyl (C=O) groups excluding carboxylic acids is 2. The van der Waals surface area contributed by atoms with Gasteiger partial charge in [0, 0.05) is 62.0 Å². The van der Waals surface area contributed by atoms with Crippen molar-refractivity contribution in [3.63, 3.8) is 0 Å². The van der Waals surface area contributed by atoms with E-state index < -0.39 is 10.8 Å². The minimum atomic E-state index is -0.457. The van der Waals surface area contributed by atoms with E-state index in [0.717, 1.165) is 43.6 Å². The van der Waals surface area contributed by atoms with E-state index in [-0.39, 0.29) is 17.2 Å². The van der Waals surface area contributed by atoms with E-state index in [2.05, 4.69) is 10.2 Å². The van der Waals surface area contributed by atoms with Crippen molar-refractivity contribution in [1.29, 1.82) is 0 Å². The van der Waals surface area contributed by atoms with Crippen LogP contribution in [0, 0.1) is 10.1 Å². The Morgan fingerprint density at radius 3 is 2.22 bits per heavy atom. The number of nitrogens with zero attached hydrogens (tertiary/aromatic N) is 4. The van der Waals surface area contributed by atoms with Crippen molar-refractivity contribution in [1.82, 2.24) is 4.90 Å². The minimum absolute atomic E-state index is 0.0484. The third-order valence-electron chi connectivity index (χ3n) is 7.49. The van der Waals surface area contributed by atoms with Crippen LogP contribution in [0.3, 0.4) is 0 Å². The minimum Gasteiger partial charge on any atom is -0.366 e. The fourth-order valence-electron chi connectivity index (χ4n) is 5.30. The lowest BCUT2D eigenvalue weighted by Gasteiger charge is -2.36. The lowest BCUT2D eigenvalue weighted by molar-refractivity contribution is -0.384. The van der Waals surface area contributed by atoms with Gasteiger partial charge in [0.1, 0.15) is 5.69 Å². The van der Waals surface area contributed by atoms with Crippen LogP contribution < -0.4 is 15.1 Å². The Hall–Kier alpha value is -4.37. The monoisotopic (exact) mass is 573 g/mol. The maximum Gasteiger partial charge on any atom is 0.293 e. The van der Waals surface area contributed by atoms with Crippen LogP contribution >= 0.6 is 11.6 Å². The number of halogens is 1. The molecule has 2 fully saturated rings. The van der Waals surface area contributed by atoms with Gasteiger partial charge in [-0.3, -0.25) is 19.7 Å². The van der Waals surface area contributed by atoms with Gasteiger partial charge in [-0.05, 0) is 61.2 Å². The molecule has 41 heavy (non-hydrogen) atoms. The number of amides is 2. The van der Waals surface area contributed by atoms with Crippen molar-refractivity contribution in [3.05, 3.63) is 99.1 Å². The number of carbonyl (C=O) groups is 2. The molecule has 0 aromatic heterocycles. The third-order valence-corrected chi connectivity index (χ3v) is 7.72. The standard InChI is InChI=1S/C31H32ClN5O4/c32-25-11-13-27(35-17-19-36(20-18-35)30(38)14-9-23-7-3-1-4-8-23)26(22-25)33-31(39)24-10-12-28(29(21-24)37(40)41)34-15-5-2-6-16-34/h1,3-4,7-14,21-22H,2,5-6,15-20H2,(H,33,39)/b14-9+. The second kappa shape index (κ2) is 12.9. The zero-order chi connectivity index (χ0) is 28.8. The van der Waals surface area contributed by atoms with Crippen molar-refractivity contribution >= 4 is 52.2 Å². The first-order valence-electron chi connectivity index (χ1n) is 13.8. The summed E-state index contributed by atoms with van der Waals surface area (Å²) in [4.78, 5) is 43.4. The third kappa shape index (κ3) is 6.86. The van der Waals surface area contributed by atoms with Gasteiger partial charge >= 0.3 is 0 Å². The van der Waals surface area contributed by atoms with Crippen molar-refractivity contribution < 1.29 is 14.5 Å². The molecule has 1 N–H and O–H groups in total. The van der Waals surface area contributed by atoms with Gasteiger partial charge in [-0.2, -0.15) is 0 Å². The van der Waals surface area contributed by atoms with E-state index in [1.807, 2.05) is 47.4 Å². The summed E-state index contributed by atoms with van der Waals surface area (Å²) in [6.45, 7) is 3.73. The van der Waals surface area contributed by atoms with E-state index in [1.165, 1.54) is 6.07 Å². The molecule has 10 heteroatoms. The number of hydrogen-bond donors (Lipinski definition) is 1. The normalized spacial score (nSPS) is 15.7. The van der Waals surface area contributed by atoms with Gasteiger partial charge in [0.2, 0.25) is 5.91 Å². The topological polar surface area (TPSA) is 99.0 Å². The van der Waals surface area contributed by atoms with Crippen molar-refractivity contribution in [2.45, 2.75) is 19.3 Å². The van der Waals surface area contributed by atoms with Crippen LogP contribution in [0.5, 0.6) is 0 Å². The van der Waals surface area contributed by atoms with Gasteiger partial charge in [0.25, 0.3) is 11.6 Å². The molecule has 212 valence electrons. The number of hydrogen-bond acceptors (Lipinski definition) is 6. The van der Waals surface area contributed by atoms with Crippen LogP contribution in [0.15, 0.2) is 72.8 Å². The lowest BCUT2D eigenvalue weighted by atomic mass is 10.1. The SMILES string of the molecule is O=C(Nc1cc(Cl)ccc1N1CCN(C(=O)/C=C/c2ccccc2)CC1)c1ccc(N2CCCCC2)c([N+](=O)[O-])c1. The molecule has 0 saturated carbocycles. The highest BCUT2D eigenvalue weighted by Crippen LogP contribution is 2.33. The summed E-state index contributed by atoms with van der Waals surface area (Å²) in [5, 5.41) is 15.2. The molecule has 0 radical (unpaired) electrons. The number of anilines is 3. The summed E-state index contributed by atoms with van der Waals surface area (Å²) in [5.74, 6) is -0.505. The molecule has 2 aliphatic heterocycles. The second-order valence-corrected chi connectivity index (χ2v) is 10.6. The summed E-state index contributed by atoms with van der Waals surface area (Å²) in [5.41, 5.74) is 2.91. The van der Waals surface area contributed by atoms with Gasteiger partial charge < -0.3 is 20.0 Å². The molecule has 0 aliphatic carbocycles. The van der Waals surface area contributed by atoms with Crippen LogP contribution in [0.1, 0.15) is 35.2 Å². The predicted octanol–water partition coefficient (Wildman–Crippen LogP) is 5.85. The van der Waals surface area contributed by atoms with Crippen LogP contribution in [0.25, 0.3) is 6.08 Å². The first-order valence-corrected chi connectivity index (χ1v) is 14.2. The van der Waals surface area contributed by atoms with E-state index in [1.54, 1.807) is 35.2 Å². The Bertz CT molecular complexity index is 1450. The van der Waals surface area contributed by atoms with Crippen LogP contribution in [0.2, 0.25) is 5.02 Å². The number of nitro benzene ring substituents is 1. The van der Waals surface area contributed by atoms with Gasteiger partial charge in [-0.25, -0.2) is 0 Å². The molecule has 2 amide bonds. The molecule has 9 nitrogen and oxygen atoms in total. The molecule has 2 aliphatic rings. The average Bonchev–Trinajstić information content (AvgIpc) is 3.00. The molecule has 0 unspecified atom stereocenters. The predicted molar refractivity (Wildman–Crippen MR) is 163 cm³/mol. The number of rotatable bonds is 7. The van der Waals surface area contributed by atoms with Crippen molar-refractivity contribution in [2.75, 3.05) is 54.4 Å². The Balaban J connectivity index is 1.27. The highest BCUT2D eigenvalue weighted by molar-refractivity contribution is 6.31. The quantitative estimate of drug-likeness (QED) is 0.216. The van der Waals surface area contributed by atoms with Gasteiger partial charge in [0.05, 0.1) is 16.3 Å². The highest BCUT2D eigenvalue weighted by atomic mass is 35.5. The van der Waals surface area contributed by atoms with E-state index in [4.69, 9.17) is 11.6 Å². The van der Waals surface area contributed by atoms with Gasteiger partial charge in [-0.15, -0.1) is 0 Å². The number of piperidine rings is 1. The van der Waals surface area contributed by atoms with Crippen LogP contribution in [-0.2, 0) is 4.79 Å². The molecule has 3 aromatic rings. The van der Waals surface area contributed by atoms with Crippen molar-refractivity contribution in [2.24, 2.45) is 0 Å². The Morgan fingerprint density at radius 2 is 1.51 bits per heavy atom. The summed E-state index contributed by atoms with van der Waals surface area (Å²) in [6.07, 6.45) is 6.50. The number of piperazine rings is 1. The molecule has 2 saturated heterocycles. The largest absolute Gasteiger partial charge is 0.366 e. The van der Waals surface area contributed by atoms with E-state index >= 15 is 0 Å². The summed E-state index contributed by atoms with van der Waals surface area (Å²) >= 11 is 6.28. The fourth-order valence-corrected chi connectivity index (χ4v) is 5.47. The second-order valence-electron chi connectivity index (χ2n) is 10.2. The van der Waals surface area contributed by atoms with Crippen LogP contribution in [-0.4, -0.2) is 60.9 Å². The molecule has 0 atom stereocenters. The molecule has 2 heterocycles. The number of benzene rings is 3. The molecular formula is C31H32ClN5O4. The zero-order valence-electron chi connectivity index (χ0n) is 22.7. The first-order chi connectivity index (χ1) is 19.9. The fraction of sp³-hybridized carbons (Fsp3) is 0.290. The Kier molecular flexibility index (Phi) is 8.84.